The van der Waals surface area contributed by atoms with Crippen LogP contribution in [0.15, 0.2) is 34.1 Å². The summed E-state index contributed by atoms with van der Waals surface area (Å²) in [5.41, 5.74) is 0. The summed E-state index contributed by atoms with van der Waals surface area (Å²) < 4.78 is 24.3. The van der Waals surface area contributed by atoms with E-state index < -0.39 is 9.84 Å². The molecular formula is C13H19ClO2S2. The number of hydrogen-bond donors (Lipinski definition) is 0. The Bertz CT molecular complexity index is 472. The molecule has 0 radical (unpaired) electrons. The Kier molecular flexibility index (Phi) is 6.53. The quantitative estimate of drug-likeness (QED) is 0.567. The third kappa shape index (κ3) is 4.48. The van der Waals surface area contributed by atoms with Gasteiger partial charge in [-0.15, -0.1) is 23.4 Å². The van der Waals surface area contributed by atoms with E-state index in [1.807, 2.05) is 19.1 Å². The second kappa shape index (κ2) is 7.41. The van der Waals surface area contributed by atoms with E-state index in [4.69, 9.17) is 11.6 Å². The first kappa shape index (κ1) is 15.9. The lowest BCUT2D eigenvalue weighted by atomic mass is 10.3. The molecule has 1 aromatic carbocycles. The van der Waals surface area contributed by atoms with Gasteiger partial charge >= 0.3 is 0 Å². The van der Waals surface area contributed by atoms with Crippen molar-refractivity contribution >= 4 is 33.2 Å². The summed E-state index contributed by atoms with van der Waals surface area (Å²) in [5, 5.41) is 0. The topological polar surface area (TPSA) is 34.1 Å². The predicted molar refractivity (Wildman–Crippen MR) is 79.4 cm³/mol. The average molecular weight is 307 g/mol. The highest BCUT2D eigenvalue weighted by Crippen LogP contribution is 2.29. The fraction of sp³-hybridized carbons (Fsp3) is 0.538. The van der Waals surface area contributed by atoms with Crippen molar-refractivity contribution in [3.8, 4) is 0 Å². The van der Waals surface area contributed by atoms with Gasteiger partial charge in [0.25, 0.3) is 0 Å². The van der Waals surface area contributed by atoms with Gasteiger partial charge in [0, 0.05) is 16.5 Å². The van der Waals surface area contributed by atoms with Crippen LogP contribution in [0, 0.1) is 5.92 Å². The second-order valence-corrected chi connectivity index (χ2v) is 7.78. The molecule has 1 unspecified atom stereocenters. The van der Waals surface area contributed by atoms with Crippen molar-refractivity contribution in [1.29, 1.82) is 0 Å². The summed E-state index contributed by atoms with van der Waals surface area (Å²) >= 11 is 7.33. The molecule has 0 bridgehead atoms. The third-order valence-electron chi connectivity index (χ3n) is 2.44. The molecule has 1 aromatic rings. The van der Waals surface area contributed by atoms with Gasteiger partial charge in [-0.1, -0.05) is 26.0 Å². The number of alkyl halides is 1. The Balaban J connectivity index is 2.93. The van der Waals surface area contributed by atoms with Crippen LogP contribution in [0.3, 0.4) is 0 Å². The molecule has 0 saturated carbocycles. The van der Waals surface area contributed by atoms with Crippen molar-refractivity contribution in [1.82, 2.24) is 0 Å². The van der Waals surface area contributed by atoms with Crippen LogP contribution < -0.4 is 0 Å². The van der Waals surface area contributed by atoms with Crippen LogP contribution in [0.2, 0.25) is 0 Å². The van der Waals surface area contributed by atoms with E-state index in [0.717, 1.165) is 10.6 Å². The van der Waals surface area contributed by atoms with Crippen LogP contribution in [0.4, 0.5) is 0 Å². The highest BCUT2D eigenvalue weighted by Gasteiger charge is 2.17. The first-order chi connectivity index (χ1) is 8.51. The number of rotatable bonds is 7. The normalized spacial score (nSPS) is 13.5. The largest absolute Gasteiger partial charge is 0.224 e. The van der Waals surface area contributed by atoms with Crippen molar-refractivity contribution in [2.75, 3.05) is 17.4 Å². The smallest absolute Gasteiger partial charge is 0.179 e. The van der Waals surface area contributed by atoms with Crippen LogP contribution in [-0.4, -0.2) is 25.8 Å². The first-order valence-corrected chi connectivity index (χ1v) is 9.19. The Morgan fingerprint density at radius 1 is 1.33 bits per heavy atom. The van der Waals surface area contributed by atoms with Crippen LogP contribution in [0.25, 0.3) is 0 Å². The Morgan fingerprint density at radius 2 is 2.00 bits per heavy atom. The van der Waals surface area contributed by atoms with Gasteiger partial charge in [0.1, 0.15) is 0 Å². The molecule has 1 atom stereocenters. The maximum Gasteiger partial charge on any atom is 0.179 e. The zero-order valence-corrected chi connectivity index (χ0v) is 13.1. The molecular weight excluding hydrogens is 288 g/mol. The molecule has 0 amide bonds. The van der Waals surface area contributed by atoms with Crippen LogP contribution in [0.1, 0.15) is 20.3 Å². The summed E-state index contributed by atoms with van der Waals surface area (Å²) in [4.78, 5) is 1.29. The lowest BCUT2D eigenvalue weighted by molar-refractivity contribution is 0.592. The second-order valence-electron chi connectivity index (χ2n) is 4.34. The van der Waals surface area contributed by atoms with Gasteiger partial charge in [-0.3, -0.25) is 0 Å². The van der Waals surface area contributed by atoms with Gasteiger partial charge in [-0.25, -0.2) is 8.42 Å². The summed E-state index contributed by atoms with van der Waals surface area (Å²) in [6, 6.07) is 7.21. The first-order valence-electron chi connectivity index (χ1n) is 6.01. The monoisotopic (exact) mass is 306 g/mol. The molecule has 0 spiro atoms. The van der Waals surface area contributed by atoms with E-state index in [-0.39, 0.29) is 5.75 Å². The molecule has 0 fully saturated rings. The lowest BCUT2D eigenvalue weighted by Crippen LogP contribution is -2.08. The molecule has 0 aliphatic heterocycles. The minimum atomic E-state index is -3.15. The van der Waals surface area contributed by atoms with Gasteiger partial charge < -0.3 is 0 Å². The van der Waals surface area contributed by atoms with E-state index in [1.54, 1.807) is 23.9 Å². The molecule has 0 heterocycles. The summed E-state index contributed by atoms with van der Waals surface area (Å²) in [6.45, 7) is 3.94. The molecule has 0 N–H and O–H groups in total. The Morgan fingerprint density at radius 3 is 2.61 bits per heavy atom. The van der Waals surface area contributed by atoms with Crippen molar-refractivity contribution < 1.29 is 8.42 Å². The summed E-state index contributed by atoms with van der Waals surface area (Å²) in [6.07, 6.45) is 0.638. The molecule has 2 nitrogen and oxygen atoms in total. The molecule has 1 rings (SSSR count). The maximum absolute atomic E-state index is 12.1. The molecule has 18 heavy (non-hydrogen) atoms. The molecule has 0 aliphatic rings. The van der Waals surface area contributed by atoms with Crippen molar-refractivity contribution in [3.05, 3.63) is 24.3 Å². The maximum atomic E-state index is 12.1. The number of thioether (sulfide) groups is 1. The van der Waals surface area contributed by atoms with Crippen molar-refractivity contribution in [3.63, 3.8) is 0 Å². The molecule has 0 aromatic heterocycles. The van der Waals surface area contributed by atoms with Gasteiger partial charge in [0.05, 0.1) is 10.6 Å². The van der Waals surface area contributed by atoms with Crippen LogP contribution in [0.5, 0.6) is 0 Å². The van der Waals surface area contributed by atoms with Gasteiger partial charge in [-0.2, -0.15) is 0 Å². The highest BCUT2D eigenvalue weighted by molar-refractivity contribution is 8.00. The van der Waals surface area contributed by atoms with E-state index in [2.05, 4.69) is 6.92 Å². The molecule has 102 valence electrons. The van der Waals surface area contributed by atoms with Gasteiger partial charge in [0.2, 0.25) is 0 Å². The zero-order valence-electron chi connectivity index (χ0n) is 10.7. The van der Waals surface area contributed by atoms with E-state index in [0.29, 0.717) is 23.1 Å². The summed E-state index contributed by atoms with van der Waals surface area (Å²) in [5.74, 6) is 2.01. The number of benzene rings is 1. The van der Waals surface area contributed by atoms with Crippen LogP contribution in [-0.2, 0) is 9.84 Å². The minimum Gasteiger partial charge on any atom is -0.224 e. The lowest BCUT2D eigenvalue weighted by Gasteiger charge is -2.11. The van der Waals surface area contributed by atoms with Crippen LogP contribution >= 0.6 is 23.4 Å². The Hall–Kier alpha value is -0.190. The van der Waals surface area contributed by atoms with Crippen molar-refractivity contribution in [2.24, 2.45) is 5.92 Å². The fourth-order valence-electron chi connectivity index (χ4n) is 1.48. The van der Waals surface area contributed by atoms with E-state index >= 15 is 0 Å². The average Bonchev–Trinajstić information content (AvgIpc) is 2.36. The standard InChI is InChI=1S/C13H19ClO2S2/c1-3-8-18(15,16)13-7-5-4-6-12(13)17-10-11(2)9-14/h4-7,11H,3,8-10H2,1-2H3. The van der Waals surface area contributed by atoms with Crippen molar-refractivity contribution in [2.45, 2.75) is 30.1 Å². The van der Waals surface area contributed by atoms with Gasteiger partial charge in [0.15, 0.2) is 9.84 Å². The Labute approximate surface area is 119 Å². The molecule has 0 aliphatic carbocycles. The number of halogens is 1. The third-order valence-corrected chi connectivity index (χ3v) is 6.47. The molecule has 0 saturated heterocycles. The summed E-state index contributed by atoms with van der Waals surface area (Å²) in [7, 11) is -3.15. The van der Waals surface area contributed by atoms with Gasteiger partial charge in [-0.05, 0) is 24.5 Å². The number of hydrogen-bond acceptors (Lipinski definition) is 3. The number of sulfone groups is 1. The molecule has 5 heteroatoms. The van der Waals surface area contributed by atoms with E-state index in [1.165, 1.54) is 0 Å². The highest BCUT2D eigenvalue weighted by atomic mass is 35.5. The SMILES string of the molecule is CCCS(=O)(=O)c1ccccc1SCC(C)CCl. The van der Waals surface area contributed by atoms with E-state index in [9.17, 15) is 8.42 Å². The minimum absolute atomic E-state index is 0.204. The zero-order chi connectivity index (χ0) is 13.6. The predicted octanol–water partition coefficient (Wildman–Crippen LogP) is 3.84. The fourth-order valence-corrected chi connectivity index (χ4v) is 4.66.